The highest BCUT2D eigenvalue weighted by atomic mass is 16.4. The Kier molecular flexibility index (Phi) is 5.70. The largest absolute Gasteiger partial charge is 0.481 e. The van der Waals surface area contributed by atoms with Crippen molar-refractivity contribution in [3.8, 4) is 0 Å². The van der Waals surface area contributed by atoms with Gasteiger partial charge in [-0.1, -0.05) is 44.2 Å². The van der Waals surface area contributed by atoms with Gasteiger partial charge in [0.1, 0.15) is 0 Å². The predicted octanol–water partition coefficient (Wildman–Crippen LogP) is 2.98. The van der Waals surface area contributed by atoms with Crippen LogP contribution < -0.4 is 5.32 Å². The van der Waals surface area contributed by atoms with Gasteiger partial charge in [-0.05, 0) is 18.4 Å². The molecule has 0 saturated heterocycles. The molecule has 0 bridgehead atoms. The minimum atomic E-state index is -0.766. The fourth-order valence-electron chi connectivity index (χ4n) is 1.94. The summed E-state index contributed by atoms with van der Waals surface area (Å²) in [5.41, 5.74) is 1.04. The van der Waals surface area contributed by atoms with E-state index in [1.807, 2.05) is 30.3 Å². The Bertz CT molecular complexity index is 333. The second-order valence-corrected chi connectivity index (χ2v) is 4.24. The Balaban J connectivity index is 2.77. The lowest BCUT2D eigenvalue weighted by molar-refractivity contribution is -0.137. The third-order valence-corrected chi connectivity index (χ3v) is 3.00. The van der Waals surface area contributed by atoms with E-state index in [9.17, 15) is 4.79 Å². The number of hydrogen-bond donors (Lipinski definition) is 2. The number of hydrogen-bond acceptors (Lipinski definition) is 2. The van der Waals surface area contributed by atoms with Crippen LogP contribution in [0.4, 0.5) is 0 Å². The van der Waals surface area contributed by atoms with E-state index in [-0.39, 0.29) is 12.5 Å². The minimum absolute atomic E-state index is 0.0985. The molecule has 1 aromatic rings. The molecule has 0 aliphatic heterocycles. The van der Waals surface area contributed by atoms with E-state index in [1.165, 1.54) is 0 Å². The fourth-order valence-corrected chi connectivity index (χ4v) is 1.94. The summed E-state index contributed by atoms with van der Waals surface area (Å²) in [5, 5.41) is 12.4. The molecule has 1 rings (SSSR count). The van der Waals surface area contributed by atoms with Gasteiger partial charge < -0.3 is 10.4 Å². The van der Waals surface area contributed by atoms with E-state index in [2.05, 4.69) is 19.2 Å². The van der Waals surface area contributed by atoms with E-state index >= 15 is 0 Å². The molecule has 0 heterocycles. The molecule has 0 radical (unpaired) electrons. The summed E-state index contributed by atoms with van der Waals surface area (Å²) in [6, 6.07) is 10.1. The summed E-state index contributed by atoms with van der Waals surface area (Å²) in [7, 11) is 0. The van der Waals surface area contributed by atoms with Crippen LogP contribution >= 0.6 is 0 Å². The number of carbonyl (C=O) groups is 1. The van der Waals surface area contributed by atoms with E-state index in [0.29, 0.717) is 6.04 Å². The Morgan fingerprint density at radius 2 is 1.82 bits per heavy atom. The van der Waals surface area contributed by atoms with E-state index < -0.39 is 5.97 Å². The van der Waals surface area contributed by atoms with Crippen molar-refractivity contribution in [2.45, 2.75) is 45.2 Å². The number of benzene rings is 1. The first-order valence-corrected chi connectivity index (χ1v) is 6.20. The first-order valence-electron chi connectivity index (χ1n) is 6.20. The first-order chi connectivity index (χ1) is 8.17. The van der Waals surface area contributed by atoms with Gasteiger partial charge in [0.05, 0.1) is 6.42 Å². The van der Waals surface area contributed by atoms with E-state index in [0.717, 1.165) is 18.4 Å². The molecule has 0 aliphatic carbocycles. The minimum Gasteiger partial charge on any atom is -0.481 e. The lowest BCUT2D eigenvalue weighted by Gasteiger charge is -2.23. The van der Waals surface area contributed by atoms with Crippen LogP contribution in [0.1, 0.15) is 44.7 Å². The highest BCUT2D eigenvalue weighted by Crippen LogP contribution is 2.18. The molecule has 0 aliphatic rings. The molecule has 2 N–H and O–H groups in total. The maximum Gasteiger partial charge on any atom is 0.305 e. The van der Waals surface area contributed by atoms with Gasteiger partial charge in [0.2, 0.25) is 0 Å². The zero-order valence-electron chi connectivity index (χ0n) is 10.5. The molecular formula is C14H21NO2. The number of nitrogens with one attached hydrogen (secondary N) is 1. The Labute approximate surface area is 103 Å². The quantitative estimate of drug-likeness (QED) is 0.764. The molecule has 17 heavy (non-hydrogen) atoms. The summed E-state index contributed by atoms with van der Waals surface area (Å²) >= 11 is 0. The Morgan fingerprint density at radius 1 is 1.24 bits per heavy atom. The topological polar surface area (TPSA) is 49.3 Å². The summed E-state index contributed by atoms with van der Waals surface area (Å²) < 4.78 is 0. The van der Waals surface area contributed by atoms with Crippen molar-refractivity contribution in [1.29, 1.82) is 0 Å². The third kappa shape index (κ3) is 4.57. The highest BCUT2D eigenvalue weighted by Gasteiger charge is 2.17. The van der Waals surface area contributed by atoms with Crippen molar-refractivity contribution in [2.75, 3.05) is 0 Å². The molecule has 1 aromatic carbocycles. The van der Waals surface area contributed by atoms with Crippen LogP contribution in [0, 0.1) is 0 Å². The second kappa shape index (κ2) is 7.07. The van der Waals surface area contributed by atoms with Crippen LogP contribution in [0.3, 0.4) is 0 Å². The third-order valence-electron chi connectivity index (χ3n) is 3.00. The number of aliphatic carboxylic acids is 1. The molecule has 3 nitrogen and oxygen atoms in total. The van der Waals surface area contributed by atoms with Gasteiger partial charge in [-0.15, -0.1) is 0 Å². The van der Waals surface area contributed by atoms with Gasteiger partial charge in [0.25, 0.3) is 0 Å². The molecule has 1 unspecified atom stereocenters. The summed E-state index contributed by atoms with van der Waals surface area (Å²) in [5.74, 6) is -0.766. The summed E-state index contributed by atoms with van der Waals surface area (Å²) in [4.78, 5) is 10.9. The standard InChI is InChI=1S/C14H21NO2/c1-3-12(4-2)15-13(10-14(16)17)11-8-6-5-7-9-11/h5-9,12-13,15H,3-4,10H2,1-2H3,(H,16,17). The van der Waals surface area contributed by atoms with Crippen LogP contribution in [0.25, 0.3) is 0 Å². The van der Waals surface area contributed by atoms with Crippen LogP contribution in [0.2, 0.25) is 0 Å². The van der Waals surface area contributed by atoms with Crippen LogP contribution in [-0.4, -0.2) is 17.1 Å². The van der Waals surface area contributed by atoms with Crippen molar-refractivity contribution in [2.24, 2.45) is 0 Å². The normalized spacial score (nSPS) is 12.6. The molecule has 0 saturated carbocycles. The monoisotopic (exact) mass is 235 g/mol. The molecule has 0 aromatic heterocycles. The SMILES string of the molecule is CCC(CC)NC(CC(=O)O)c1ccccc1. The van der Waals surface area contributed by atoms with E-state index in [4.69, 9.17) is 5.11 Å². The average molecular weight is 235 g/mol. The van der Waals surface area contributed by atoms with Crippen molar-refractivity contribution >= 4 is 5.97 Å². The molecule has 3 heteroatoms. The number of carboxylic acids is 1. The van der Waals surface area contributed by atoms with Crippen molar-refractivity contribution < 1.29 is 9.90 Å². The van der Waals surface area contributed by atoms with Gasteiger partial charge in [-0.3, -0.25) is 4.79 Å². The number of carboxylic acid groups (broad SMARTS) is 1. The maximum absolute atomic E-state index is 10.9. The van der Waals surface area contributed by atoms with Crippen molar-refractivity contribution in [3.05, 3.63) is 35.9 Å². The first kappa shape index (κ1) is 13.7. The molecular weight excluding hydrogens is 214 g/mol. The Hall–Kier alpha value is -1.35. The average Bonchev–Trinajstić information content (AvgIpc) is 2.35. The van der Waals surface area contributed by atoms with Crippen molar-refractivity contribution in [3.63, 3.8) is 0 Å². The van der Waals surface area contributed by atoms with Crippen molar-refractivity contribution in [1.82, 2.24) is 5.32 Å². The molecule has 0 fully saturated rings. The maximum atomic E-state index is 10.9. The molecule has 1 atom stereocenters. The fraction of sp³-hybridized carbons (Fsp3) is 0.500. The van der Waals surface area contributed by atoms with Gasteiger partial charge in [0, 0.05) is 12.1 Å². The molecule has 0 spiro atoms. The smallest absolute Gasteiger partial charge is 0.305 e. The Morgan fingerprint density at radius 3 is 2.29 bits per heavy atom. The van der Waals surface area contributed by atoms with Gasteiger partial charge >= 0.3 is 5.97 Å². The zero-order valence-corrected chi connectivity index (χ0v) is 10.5. The molecule has 94 valence electrons. The molecule has 0 amide bonds. The van der Waals surface area contributed by atoms with Gasteiger partial charge in [-0.25, -0.2) is 0 Å². The number of rotatable bonds is 7. The zero-order chi connectivity index (χ0) is 12.7. The van der Waals surface area contributed by atoms with Crippen LogP contribution in [0.5, 0.6) is 0 Å². The van der Waals surface area contributed by atoms with Crippen LogP contribution in [0.15, 0.2) is 30.3 Å². The second-order valence-electron chi connectivity index (χ2n) is 4.24. The van der Waals surface area contributed by atoms with Gasteiger partial charge in [0.15, 0.2) is 0 Å². The van der Waals surface area contributed by atoms with Crippen LogP contribution in [-0.2, 0) is 4.79 Å². The lowest BCUT2D eigenvalue weighted by atomic mass is 10.0. The summed E-state index contributed by atoms with van der Waals surface area (Å²) in [6.45, 7) is 4.23. The summed E-state index contributed by atoms with van der Waals surface area (Å²) in [6.07, 6.45) is 2.15. The van der Waals surface area contributed by atoms with Gasteiger partial charge in [-0.2, -0.15) is 0 Å². The predicted molar refractivity (Wildman–Crippen MR) is 68.9 cm³/mol. The lowest BCUT2D eigenvalue weighted by Crippen LogP contribution is -2.33. The highest BCUT2D eigenvalue weighted by molar-refractivity contribution is 5.67. The van der Waals surface area contributed by atoms with E-state index in [1.54, 1.807) is 0 Å².